The summed E-state index contributed by atoms with van der Waals surface area (Å²) < 4.78 is 5.14. The molecule has 0 fully saturated rings. The van der Waals surface area contributed by atoms with E-state index in [0.29, 0.717) is 33.5 Å². The number of aryl methyl sites for hydroxylation is 1. The number of carbonyl (C=O) groups excluding carboxylic acids is 2. The molecule has 1 aromatic carbocycles. The number of Topliss-reactive ketones (excluding diaryl/α,β-unsaturated/α-hetero) is 2. The minimum absolute atomic E-state index is 0.0499. The Morgan fingerprint density at radius 3 is 2.48 bits per heavy atom. The summed E-state index contributed by atoms with van der Waals surface area (Å²) in [6, 6.07) is 7.45. The predicted molar refractivity (Wildman–Crippen MR) is 104 cm³/mol. The van der Waals surface area contributed by atoms with Gasteiger partial charge in [0.05, 0.1) is 18.6 Å². The lowest BCUT2D eigenvalue weighted by molar-refractivity contribution is 0.101. The largest absolute Gasteiger partial charge is 0.497 e. The summed E-state index contributed by atoms with van der Waals surface area (Å²) in [4.78, 5) is 31.7. The summed E-state index contributed by atoms with van der Waals surface area (Å²) in [5, 5.41) is 7.52. The second kappa shape index (κ2) is 7.79. The number of rotatable bonds is 7. The first-order chi connectivity index (χ1) is 12.9. The molecule has 0 aliphatic rings. The highest BCUT2D eigenvalue weighted by Gasteiger charge is 2.20. The van der Waals surface area contributed by atoms with Crippen molar-refractivity contribution in [2.24, 2.45) is 0 Å². The van der Waals surface area contributed by atoms with E-state index in [2.05, 4.69) is 20.2 Å². The Morgan fingerprint density at radius 2 is 1.89 bits per heavy atom. The summed E-state index contributed by atoms with van der Waals surface area (Å²) >= 11 is 1.25. The number of ketones is 2. The lowest BCUT2D eigenvalue weighted by atomic mass is 10.1. The average molecular weight is 384 g/mol. The number of benzene rings is 1. The zero-order chi connectivity index (χ0) is 19.6. The highest BCUT2D eigenvalue weighted by molar-refractivity contribution is 7.99. The van der Waals surface area contributed by atoms with E-state index < -0.39 is 0 Å². The second-order valence-electron chi connectivity index (χ2n) is 6.09. The van der Waals surface area contributed by atoms with Crippen molar-refractivity contribution >= 4 is 23.3 Å². The Balaban J connectivity index is 1.69. The van der Waals surface area contributed by atoms with Crippen LogP contribution in [0.1, 0.15) is 39.0 Å². The third-order valence-corrected chi connectivity index (χ3v) is 5.08. The second-order valence-corrected chi connectivity index (χ2v) is 7.03. The van der Waals surface area contributed by atoms with Gasteiger partial charge in [-0.2, -0.15) is 0 Å². The van der Waals surface area contributed by atoms with Gasteiger partial charge in [-0.15, -0.1) is 5.10 Å². The number of hydrogen-bond acceptors (Lipinski definition) is 6. The molecule has 0 aliphatic heterocycles. The number of hydrogen-bond donors (Lipinski definition) is 2. The van der Waals surface area contributed by atoms with Gasteiger partial charge < -0.3 is 9.72 Å². The maximum Gasteiger partial charge on any atom is 0.209 e. The van der Waals surface area contributed by atoms with Crippen molar-refractivity contribution in [1.82, 2.24) is 20.2 Å². The van der Waals surface area contributed by atoms with Gasteiger partial charge in [-0.05, 0) is 50.6 Å². The Morgan fingerprint density at radius 1 is 1.19 bits per heavy atom. The molecule has 0 radical (unpaired) electrons. The van der Waals surface area contributed by atoms with Gasteiger partial charge in [-0.25, -0.2) is 4.98 Å². The van der Waals surface area contributed by atoms with Crippen LogP contribution in [0.2, 0.25) is 0 Å². The number of ether oxygens (including phenoxy) is 1. The minimum atomic E-state index is -0.0936. The number of aromatic amines is 2. The SMILES string of the molecule is COc1ccc(-c2nc(SCC(=O)c3[nH]c(C)c(C(C)=O)c3C)n[nH]2)cc1. The maximum absolute atomic E-state index is 12.5. The van der Waals surface area contributed by atoms with Gasteiger partial charge in [-0.1, -0.05) is 11.8 Å². The lowest BCUT2D eigenvalue weighted by Gasteiger charge is -2.00. The molecule has 0 saturated carbocycles. The quantitative estimate of drug-likeness (QED) is 0.477. The number of carbonyl (C=O) groups is 2. The maximum atomic E-state index is 12.5. The number of H-pyrrole nitrogens is 2. The molecule has 0 atom stereocenters. The fourth-order valence-electron chi connectivity index (χ4n) is 2.95. The molecule has 3 aromatic rings. The van der Waals surface area contributed by atoms with Crippen LogP contribution >= 0.6 is 11.8 Å². The third-order valence-electron chi connectivity index (χ3n) is 4.23. The van der Waals surface area contributed by atoms with E-state index in [1.54, 1.807) is 21.0 Å². The molecular formula is C19H20N4O3S. The lowest BCUT2D eigenvalue weighted by Crippen LogP contribution is -2.05. The number of aromatic nitrogens is 4. The molecule has 0 saturated heterocycles. The zero-order valence-corrected chi connectivity index (χ0v) is 16.4. The van der Waals surface area contributed by atoms with Crippen molar-refractivity contribution < 1.29 is 14.3 Å². The van der Waals surface area contributed by atoms with Gasteiger partial charge in [0.1, 0.15) is 5.75 Å². The van der Waals surface area contributed by atoms with Gasteiger partial charge in [-0.3, -0.25) is 14.7 Å². The molecule has 2 N–H and O–H groups in total. The Bertz CT molecular complexity index is 989. The molecule has 7 nitrogen and oxygen atoms in total. The highest BCUT2D eigenvalue weighted by atomic mass is 32.2. The summed E-state index contributed by atoms with van der Waals surface area (Å²) in [5.74, 6) is 1.42. The zero-order valence-electron chi connectivity index (χ0n) is 15.5. The average Bonchev–Trinajstić information content (AvgIpc) is 3.24. The molecule has 2 heterocycles. The van der Waals surface area contributed by atoms with E-state index in [4.69, 9.17) is 4.74 Å². The molecule has 3 rings (SSSR count). The Hall–Kier alpha value is -2.87. The molecular weight excluding hydrogens is 364 g/mol. The van der Waals surface area contributed by atoms with Crippen LogP contribution in [0.5, 0.6) is 5.75 Å². The molecule has 8 heteroatoms. The summed E-state index contributed by atoms with van der Waals surface area (Å²) in [7, 11) is 1.61. The van der Waals surface area contributed by atoms with Crippen LogP contribution in [0.15, 0.2) is 29.4 Å². The van der Waals surface area contributed by atoms with Crippen LogP contribution < -0.4 is 4.74 Å². The van der Waals surface area contributed by atoms with Crippen LogP contribution in [0.4, 0.5) is 0 Å². The first kappa shape index (κ1) is 18.9. The van der Waals surface area contributed by atoms with E-state index >= 15 is 0 Å². The summed E-state index contributed by atoms with van der Waals surface area (Å²) in [6.07, 6.45) is 0. The smallest absolute Gasteiger partial charge is 0.209 e. The van der Waals surface area contributed by atoms with E-state index in [-0.39, 0.29) is 17.3 Å². The minimum Gasteiger partial charge on any atom is -0.497 e. The normalized spacial score (nSPS) is 10.8. The fraction of sp³-hybridized carbons (Fsp3) is 0.263. The van der Waals surface area contributed by atoms with Crippen molar-refractivity contribution in [3.8, 4) is 17.1 Å². The molecule has 0 bridgehead atoms. The van der Waals surface area contributed by atoms with Crippen LogP contribution in [-0.4, -0.2) is 44.6 Å². The number of nitrogens with one attached hydrogen (secondary N) is 2. The Labute approximate surface area is 160 Å². The van der Waals surface area contributed by atoms with Gasteiger partial charge in [0, 0.05) is 16.8 Å². The fourth-order valence-corrected chi connectivity index (χ4v) is 3.62. The van der Waals surface area contributed by atoms with Crippen LogP contribution in [0, 0.1) is 13.8 Å². The molecule has 0 amide bonds. The summed E-state index contributed by atoms with van der Waals surface area (Å²) in [6.45, 7) is 5.08. The van der Waals surface area contributed by atoms with Crippen molar-refractivity contribution in [3.63, 3.8) is 0 Å². The predicted octanol–water partition coefficient (Wildman–Crippen LogP) is 3.60. The van der Waals surface area contributed by atoms with E-state index in [9.17, 15) is 9.59 Å². The molecule has 2 aromatic heterocycles. The van der Waals surface area contributed by atoms with Gasteiger partial charge >= 0.3 is 0 Å². The van der Waals surface area contributed by atoms with E-state index in [1.807, 2.05) is 24.3 Å². The van der Waals surface area contributed by atoms with Crippen LogP contribution in [0.25, 0.3) is 11.4 Å². The van der Waals surface area contributed by atoms with Crippen LogP contribution in [0.3, 0.4) is 0 Å². The van der Waals surface area contributed by atoms with Crippen molar-refractivity contribution in [3.05, 3.63) is 46.8 Å². The summed E-state index contributed by atoms with van der Waals surface area (Å²) in [5.41, 5.74) is 3.34. The first-order valence-corrected chi connectivity index (χ1v) is 9.32. The van der Waals surface area contributed by atoms with Crippen molar-refractivity contribution in [1.29, 1.82) is 0 Å². The topological polar surface area (TPSA) is 101 Å². The number of methoxy groups -OCH3 is 1. The monoisotopic (exact) mass is 384 g/mol. The molecule has 0 aliphatic carbocycles. The standard InChI is InChI=1S/C19H20N4O3S/c1-10-16(12(3)24)11(2)20-17(10)15(25)9-27-19-21-18(22-23-19)13-5-7-14(26-4)8-6-13/h5-8,20H,9H2,1-4H3,(H,21,22,23). The van der Waals surface area contributed by atoms with Crippen molar-refractivity contribution in [2.45, 2.75) is 25.9 Å². The molecule has 140 valence electrons. The van der Waals surface area contributed by atoms with Gasteiger partial charge in [0.15, 0.2) is 17.4 Å². The van der Waals surface area contributed by atoms with E-state index in [0.717, 1.165) is 11.3 Å². The van der Waals surface area contributed by atoms with Crippen LogP contribution in [-0.2, 0) is 0 Å². The molecule has 0 spiro atoms. The Kier molecular flexibility index (Phi) is 5.46. The number of nitrogens with zero attached hydrogens (tertiary/aromatic N) is 2. The first-order valence-electron chi connectivity index (χ1n) is 8.33. The molecule has 27 heavy (non-hydrogen) atoms. The number of thioether (sulfide) groups is 1. The van der Waals surface area contributed by atoms with Gasteiger partial charge in [0.25, 0.3) is 0 Å². The third kappa shape index (κ3) is 3.95. The highest BCUT2D eigenvalue weighted by Crippen LogP contribution is 2.24. The van der Waals surface area contributed by atoms with Gasteiger partial charge in [0.2, 0.25) is 5.16 Å². The molecule has 0 unspecified atom stereocenters. The van der Waals surface area contributed by atoms with E-state index in [1.165, 1.54) is 18.7 Å². The van der Waals surface area contributed by atoms with Crippen molar-refractivity contribution in [2.75, 3.05) is 12.9 Å².